The monoisotopic (exact) mass is 233 g/mol. The summed E-state index contributed by atoms with van der Waals surface area (Å²) >= 11 is 0. The second-order valence-corrected chi connectivity index (χ2v) is 4.26. The molecule has 0 aliphatic rings. The molecule has 1 N–H and O–H groups in total. The Kier molecular flexibility index (Phi) is 4.18. The molecule has 0 spiro atoms. The highest BCUT2D eigenvalue weighted by molar-refractivity contribution is 5.80. The molecule has 0 unspecified atom stereocenters. The average Bonchev–Trinajstić information content (AvgIpc) is 2.77. The predicted molar refractivity (Wildman–Crippen MR) is 69.0 cm³/mol. The minimum atomic E-state index is 0.106. The van der Waals surface area contributed by atoms with Crippen molar-refractivity contribution in [1.82, 2.24) is 4.57 Å². The summed E-state index contributed by atoms with van der Waals surface area (Å²) in [4.78, 5) is 0. The number of aliphatic hydroxyl groups is 1. The van der Waals surface area contributed by atoms with Gasteiger partial charge in [-0.05, 0) is 42.0 Å². The summed E-state index contributed by atoms with van der Waals surface area (Å²) in [6.45, 7) is 1.95. The maximum Gasteiger partial charge on any atom is 0.0682 e. The zero-order valence-electron chi connectivity index (χ0n) is 10.2. The highest BCUT2D eigenvalue weighted by Gasteiger charge is 2.01. The van der Waals surface area contributed by atoms with Crippen molar-refractivity contribution in [2.24, 2.45) is 0 Å². The number of ether oxygens (including phenoxy) is 1. The van der Waals surface area contributed by atoms with Gasteiger partial charge < -0.3 is 14.4 Å². The summed E-state index contributed by atoms with van der Waals surface area (Å²) in [6, 6.07) is 8.21. The van der Waals surface area contributed by atoms with Crippen molar-refractivity contribution in [3.05, 3.63) is 36.0 Å². The van der Waals surface area contributed by atoms with Crippen LogP contribution in [0.25, 0.3) is 10.9 Å². The molecule has 0 radical (unpaired) electrons. The number of hydrogen-bond acceptors (Lipinski definition) is 2. The van der Waals surface area contributed by atoms with Crippen LogP contribution in [0.3, 0.4) is 0 Å². The standard InChI is InChI=1S/C14H19NO2/c1-17-9-3-2-7-15-8-6-13-10-12(11-16)4-5-14(13)15/h4-6,8,10,16H,2-3,7,9,11H2,1H3. The second-order valence-electron chi connectivity index (χ2n) is 4.26. The van der Waals surface area contributed by atoms with Gasteiger partial charge in [0.1, 0.15) is 0 Å². The maximum atomic E-state index is 9.08. The van der Waals surface area contributed by atoms with Gasteiger partial charge in [0.05, 0.1) is 6.61 Å². The first kappa shape index (κ1) is 12.1. The van der Waals surface area contributed by atoms with Gasteiger partial charge in [-0.3, -0.25) is 0 Å². The van der Waals surface area contributed by atoms with Crippen molar-refractivity contribution < 1.29 is 9.84 Å². The zero-order chi connectivity index (χ0) is 12.1. The SMILES string of the molecule is COCCCCn1ccc2cc(CO)ccc21. The molecule has 92 valence electrons. The molecule has 1 aromatic heterocycles. The van der Waals surface area contributed by atoms with Gasteiger partial charge in [-0.1, -0.05) is 6.07 Å². The molecule has 0 atom stereocenters. The maximum absolute atomic E-state index is 9.08. The van der Waals surface area contributed by atoms with Gasteiger partial charge in [0.25, 0.3) is 0 Å². The Bertz CT molecular complexity index is 476. The van der Waals surface area contributed by atoms with E-state index < -0.39 is 0 Å². The number of aromatic nitrogens is 1. The van der Waals surface area contributed by atoms with Crippen molar-refractivity contribution in [2.75, 3.05) is 13.7 Å². The number of unbranched alkanes of at least 4 members (excludes halogenated alkanes) is 1. The highest BCUT2D eigenvalue weighted by atomic mass is 16.5. The number of aliphatic hydroxyl groups excluding tert-OH is 1. The number of nitrogens with zero attached hydrogens (tertiary/aromatic N) is 1. The van der Waals surface area contributed by atoms with Crippen LogP contribution in [0, 0.1) is 0 Å². The quantitative estimate of drug-likeness (QED) is 0.778. The van der Waals surface area contributed by atoms with Crippen molar-refractivity contribution >= 4 is 10.9 Å². The van der Waals surface area contributed by atoms with Gasteiger partial charge in [0, 0.05) is 32.0 Å². The minimum absolute atomic E-state index is 0.106. The van der Waals surface area contributed by atoms with Gasteiger partial charge in [0.15, 0.2) is 0 Å². The molecule has 3 heteroatoms. The van der Waals surface area contributed by atoms with E-state index in [1.165, 1.54) is 10.9 Å². The molecule has 2 aromatic rings. The van der Waals surface area contributed by atoms with E-state index in [2.05, 4.69) is 22.9 Å². The fourth-order valence-electron chi connectivity index (χ4n) is 2.07. The second kappa shape index (κ2) is 5.84. The first-order valence-corrected chi connectivity index (χ1v) is 6.02. The first-order valence-electron chi connectivity index (χ1n) is 6.02. The van der Waals surface area contributed by atoms with E-state index in [0.29, 0.717) is 0 Å². The van der Waals surface area contributed by atoms with Crippen LogP contribution in [-0.4, -0.2) is 23.4 Å². The minimum Gasteiger partial charge on any atom is -0.392 e. The number of benzene rings is 1. The van der Waals surface area contributed by atoms with E-state index in [0.717, 1.165) is 31.6 Å². The van der Waals surface area contributed by atoms with Crippen LogP contribution in [0.15, 0.2) is 30.5 Å². The number of hydrogen-bond donors (Lipinski definition) is 1. The summed E-state index contributed by atoms with van der Waals surface area (Å²) in [7, 11) is 1.74. The lowest BCUT2D eigenvalue weighted by molar-refractivity contribution is 0.191. The highest BCUT2D eigenvalue weighted by Crippen LogP contribution is 2.18. The van der Waals surface area contributed by atoms with Crippen molar-refractivity contribution in [1.29, 1.82) is 0 Å². The van der Waals surface area contributed by atoms with E-state index in [1.807, 2.05) is 12.1 Å². The third kappa shape index (κ3) is 2.87. The predicted octanol–water partition coefficient (Wildman–Crippen LogP) is 2.56. The molecule has 0 bridgehead atoms. The Balaban J connectivity index is 2.08. The summed E-state index contributed by atoms with van der Waals surface area (Å²) in [5.41, 5.74) is 2.20. The largest absolute Gasteiger partial charge is 0.392 e. The molecule has 0 fully saturated rings. The van der Waals surface area contributed by atoms with Crippen molar-refractivity contribution in [3.8, 4) is 0 Å². The molecule has 1 heterocycles. The molecule has 0 saturated heterocycles. The van der Waals surface area contributed by atoms with Crippen LogP contribution in [0.4, 0.5) is 0 Å². The van der Waals surface area contributed by atoms with E-state index in [4.69, 9.17) is 9.84 Å². The smallest absolute Gasteiger partial charge is 0.0682 e. The summed E-state index contributed by atoms with van der Waals surface area (Å²) in [5.74, 6) is 0. The van der Waals surface area contributed by atoms with E-state index in [-0.39, 0.29) is 6.61 Å². The van der Waals surface area contributed by atoms with E-state index >= 15 is 0 Å². The third-order valence-corrected chi connectivity index (χ3v) is 3.02. The number of methoxy groups -OCH3 is 1. The summed E-state index contributed by atoms with van der Waals surface area (Å²) in [5, 5.41) is 10.3. The zero-order valence-corrected chi connectivity index (χ0v) is 10.2. The van der Waals surface area contributed by atoms with Gasteiger partial charge in [-0.2, -0.15) is 0 Å². The van der Waals surface area contributed by atoms with Crippen LogP contribution in [0.5, 0.6) is 0 Å². The fraction of sp³-hybridized carbons (Fsp3) is 0.429. The van der Waals surface area contributed by atoms with E-state index in [9.17, 15) is 0 Å². The van der Waals surface area contributed by atoms with Crippen LogP contribution < -0.4 is 0 Å². The normalized spacial score (nSPS) is 11.2. The van der Waals surface area contributed by atoms with Gasteiger partial charge in [-0.25, -0.2) is 0 Å². The van der Waals surface area contributed by atoms with E-state index in [1.54, 1.807) is 7.11 Å². The topological polar surface area (TPSA) is 34.4 Å². The Morgan fingerprint density at radius 1 is 1.24 bits per heavy atom. The third-order valence-electron chi connectivity index (χ3n) is 3.02. The van der Waals surface area contributed by atoms with Gasteiger partial charge in [0.2, 0.25) is 0 Å². The van der Waals surface area contributed by atoms with Crippen LogP contribution in [0.2, 0.25) is 0 Å². The molecule has 0 saturated carbocycles. The van der Waals surface area contributed by atoms with Crippen molar-refractivity contribution in [2.45, 2.75) is 26.0 Å². The lowest BCUT2D eigenvalue weighted by Crippen LogP contribution is -1.98. The molecular formula is C14H19NO2. The summed E-state index contributed by atoms with van der Waals surface area (Å²) in [6.07, 6.45) is 4.32. The molecule has 17 heavy (non-hydrogen) atoms. The van der Waals surface area contributed by atoms with Crippen LogP contribution >= 0.6 is 0 Å². The molecular weight excluding hydrogens is 214 g/mol. The number of rotatable bonds is 6. The molecule has 1 aromatic carbocycles. The Labute approximate surface area is 102 Å². The molecule has 3 nitrogen and oxygen atoms in total. The molecule has 0 amide bonds. The number of aryl methyl sites for hydroxylation is 1. The first-order chi connectivity index (χ1) is 8.35. The molecule has 2 rings (SSSR count). The Hall–Kier alpha value is -1.32. The number of fused-ring (bicyclic) bond motifs is 1. The van der Waals surface area contributed by atoms with Crippen LogP contribution in [0.1, 0.15) is 18.4 Å². The fourth-order valence-corrected chi connectivity index (χ4v) is 2.07. The van der Waals surface area contributed by atoms with Gasteiger partial charge >= 0.3 is 0 Å². The van der Waals surface area contributed by atoms with Crippen molar-refractivity contribution in [3.63, 3.8) is 0 Å². The Morgan fingerprint density at radius 3 is 2.88 bits per heavy atom. The average molecular weight is 233 g/mol. The molecule has 0 aliphatic heterocycles. The lowest BCUT2D eigenvalue weighted by Gasteiger charge is -2.05. The van der Waals surface area contributed by atoms with Crippen LogP contribution in [-0.2, 0) is 17.9 Å². The Morgan fingerprint density at radius 2 is 2.12 bits per heavy atom. The molecule has 0 aliphatic carbocycles. The lowest BCUT2D eigenvalue weighted by atomic mass is 10.2. The van der Waals surface area contributed by atoms with Gasteiger partial charge in [-0.15, -0.1) is 0 Å². The summed E-state index contributed by atoms with van der Waals surface area (Å²) < 4.78 is 7.30.